The topological polar surface area (TPSA) is 75.7 Å². The van der Waals surface area contributed by atoms with Gasteiger partial charge in [0.05, 0.1) is 18.1 Å². The molecule has 0 fully saturated rings. The number of carboxylic acid groups (broad SMARTS) is 1. The number of para-hydroxylation sites is 1. The standard InChI is InChI=1S/C13H14O5/c1-2-10(13(15)16)18-11-5-3-4-8-9(14)6-7-17-12(8)11/h3-5,10H,2,6-7H2,1H3,(H,15,16)/p-1. The summed E-state index contributed by atoms with van der Waals surface area (Å²) in [4.78, 5) is 22.5. The zero-order valence-electron chi connectivity index (χ0n) is 9.97. The molecule has 0 radical (unpaired) electrons. The Bertz CT molecular complexity index is 480. The van der Waals surface area contributed by atoms with Crippen molar-refractivity contribution in [1.82, 2.24) is 0 Å². The zero-order chi connectivity index (χ0) is 13.1. The van der Waals surface area contributed by atoms with Gasteiger partial charge in [-0.2, -0.15) is 0 Å². The fourth-order valence-corrected chi connectivity index (χ4v) is 1.81. The Hall–Kier alpha value is -2.04. The first-order chi connectivity index (χ1) is 8.63. The number of hydrogen-bond acceptors (Lipinski definition) is 5. The maximum absolute atomic E-state index is 11.7. The van der Waals surface area contributed by atoms with Gasteiger partial charge in [0.1, 0.15) is 6.10 Å². The lowest BCUT2D eigenvalue weighted by Gasteiger charge is -2.23. The second-order valence-electron chi connectivity index (χ2n) is 3.99. The summed E-state index contributed by atoms with van der Waals surface area (Å²) < 4.78 is 10.7. The molecule has 0 spiro atoms. The molecule has 1 aliphatic heterocycles. The molecule has 0 aliphatic carbocycles. The summed E-state index contributed by atoms with van der Waals surface area (Å²) in [5.41, 5.74) is 0.437. The van der Waals surface area contributed by atoms with Crippen LogP contribution in [0.5, 0.6) is 11.5 Å². The van der Waals surface area contributed by atoms with Gasteiger partial charge in [0.2, 0.25) is 0 Å². The van der Waals surface area contributed by atoms with Gasteiger partial charge in [-0.3, -0.25) is 4.79 Å². The number of benzene rings is 1. The van der Waals surface area contributed by atoms with Gasteiger partial charge in [0.25, 0.3) is 0 Å². The minimum absolute atomic E-state index is 0.0248. The Balaban J connectivity index is 2.31. The van der Waals surface area contributed by atoms with Gasteiger partial charge in [-0.05, 0) is 18.6 Å². The monoisotopic (exact) mass is 249 g/mol. The van der Waals surface area contributed by atoms with E-state index < -0.39 is 12.1 Å². The van der Waals surface area contributed by atoms with Crippen LogP contribution in [0, 0.1) is 0 Å². The van der Waals surface area contributed by atoms with Crippen molar-refractivity contribution in [3.63, 3.8) is 0 Å². The van der Waals surface area contributed by atoms with E-state index in [4.69, 9.17) is 9.47 Å². The van der Waals surface area contributed by atoms with Gasteiger partial charge in [-0.15, -0.1) is 0 Å². The Kier molecular flexibility index (Phi) is 3.50. The lowest BCUT2D eigenvalue weighted by Crippen LogP contribution is -2.39. The minimum atomic E-state index is -1.28. The third-order valence-electron chi connectivity index (χ3n) is 2.76. The van der Waals surface area contributed by atoms with Crippen LogP contribution >= 0.6 is 0 Å². The summed E-state index contributed by atoms with van der Waals surface area (Å²) in [5.74, 6) is -0.703. The Morgan fingerprint density at radius 2 is 2.33 bits per heavy atom. The average Bonchev–Trinajstić information content (AvgIpc) is 2.36. The number of hydrogen-bond donors (Lipinski definition) is 0. The maximum Gasteiger partial charge on any atom is 0.171 e. The number of fused-ring (bicyclic) bond motifs is 1. The number of ether oxygens (including phenoxy) is 2. The first-order valence-corrected chi connectivity index (χ1v) is 5.80. The van der Waals surface area contributed by atoms with Gasteiger partial charge in [0, 0.05) is 6.42 Å². The molecule has 96 valence electrons. The van der Waals surface area contributed by atoms with Crippen LogP contribution in [0.25, 0.3) is 0 Å². The molecule has 0 N–H and O–H groups in total. The molecule has 18 heavy (non-hydrogen) atoms. The lowest BCUT2D eigenvalue weighted by molar-refractivity contribution is -0.313. The molecule has 1 heterocycles. The van der Waals surface area contributed by atoms with Crippen LogP contribution in [0.1, 0.15) is 30.1 Å². The smallest absolute Gasteiger partial charge is 0.171 e. The molecule has 1 atom stereocenters. The molecular formula is C13H13O5-. The number of rotatable bonds is 4. The van der Waals surface area contributed by atoms with Crippen molar-refractivity contribution >= 4 is 11.8 Å². The molecule has 5 nitrogen and oxygen atoms in total. The highest BCUT2D eigenvalue weighted by atomic mass is 16.5. The molecule has 2 rings (SSSR count). The summed E-state index contributed by atoms with van der Waals surface area (Å²) in [6.45, 7) is 1.97. The van der Waals surface area contributed by atoms with Crippen LogP contribution in [0.3, 0.4) is 0 Å². The van der Waals surface area contributed by atoms with Crippen LogP contribution in [0.4, 0.5) is 0 Å². The van der Waals surface area contributed by atoms with Crippen LogP contribution in [-0.2, 0) is 4.79 Å². The number of carbonyl (C=O) groups excluding carboxylic acids is 2. The first kappa shape index (κ1) is 12.4. The fraction of sp³-hybridized carbons (Fsp3) is 0.385. The largest absolute Gasteiger partial charge is 0.546 e. The molecule has 5 heteroatoms. The second-order valence-corrected chi connectivity index (χ2v) is 3.99. The molecule has 0 saturated carbocycles. The van der Waals surface area contributed by atoms with Crippen molar-refractivity contribution in [3.05, 3.63) is 23.8 Å². The molecule has 1 aromatic rings. The number of Topliss-reactive ketones (excluding diaryl/α,β-unsaturated/α-hetero) is 1. The molecule has 0 amide bonds. The van der Waals surface area contributed by atoms with Crippen LogP contribution in [0.15, 0.2) is 18.2 Å². The fourth-order valence-electron chi connectivity index (χ4n) is 1.81. The van der Waals surface area contributed by atoms with Gasteiger partial charge in [-0.1, -0.05) is 13.0 Å². The summed E-state index contributed by atoms with van der Waals surface area (Å²) in [6, 6.07) is 4.87. The second kappa shape index (κ2) is 5.08. The number of aliphatic carboxylic acids is 1. The molecule has 1 aliphatic rings. The average molecular weight is 249 g/mol. The quantitative estimate of drug-likeness (QED) is 0.779. The van der Waals surface area contributed by atoms with E-state index in [9.17, 15) is 14.7 Å². The summed E-state index contributed by atoms with van der Waals surface area (Å²) >= 11 is 0. The molecule has 0 aromatic heterocycles. The Morgan fingerprint density at radius 3 is 3.00 bits per heavy atom. The molecule has 1 aromatic carbocycles. The van der Waals surface area contributed by atoms with Crippen molar-refractivity contribution in [2.75, 3.05) is 6.61 Å². The highest BCUT2D eigenvalue weighted by Crippen LogP contribution is 2.35. The van der Waals surface area contributed by atoms with Crippen molar-refractivity contribution in [1.29, 1.82) is 0 Å². The van der Waals surface area contributed by atoms with Crippen molar-refractivity contribution in [2.45, 2.75) is 25.9 Å². The van der Waals surface area contributed by atoms with Gasteiger partial charge in [0.15, 0.2) is 17.3 Å². The first-order valence-electron chi connectivity index (χ1n) is 5.80. The predicted octanol–water partition coefficient (Wildman–Crippen LogP) is 0.559. The van der Waals surface area contributed by atoms with E-state index in [0.29, 0.717) is 17.7 Å². The highest BCUT2D eigenvalue weighted by Gasteiger charge is 2.23. The van der Waals surface area contributed by atoms with Gasteiger partial charge >= 0.3 is 0 Å². The Labute approximate surface area is 104 Å². The number of carbonyl (C=O) groups is 2. The number of carboxylic acids is 1. The molecule has 1 unspecified atom stereocenters. The summed E-state index contributed by atoms with van der Waals surface area (Å²) in [5, 5.41) is 10.8. The van der Waals surface area contributed by atoms with Gasteiger partial charge < -0.3 is 19.4 Å². The summed E-state index contributed by atoms with van der Waals surface area (Å²) in [6.07, 6.45) is -0.439. The third-order valence-corrected chi connectivity index (χ3v) is 2.76. The van der Waals surface area contributed by atoms with E-state index in [-0.39, 0.29) is 24.6 Å². The SMILES string of the molecule is CCC(Oc1cccc2c1OCCC2=O)C(=O)[O-]. The highest BCUT2D eigenvalue weighted by molar-refractivity contribution is 6.00. The molecule has 0 bridgehead atoms. The molecule has 0 saturated heterocycles. The molecular weight excluding hydrogens is 236 g/mol. The summed E-state index contributed by atoms with van der Waals surface area (Å²) in [7, 11) is 0. The zero-order valence-corrected chi connectivity index (χ0v) is 9.97. The van der Waals surface area contributed by atoms with E-state index >= 15 is 0 Å². The van der Waals surface area contributed by atoms with E-state index in [1.807, 2.05) is 0 Å². The number of ketones is 1. The van der Waals surface area contributed by atoms with E-state index in [1.165, 1.54) is 0 Å². The normalized spacial score (nSPS) is 15.5. The lowest BCUT2D eigenvalue weighted by atomic mass is 10.0. The Morgan fingerprint density at radius 1 is 1.56 bits per heavy atom. The van der Waals surface area contributed by atoms with Gasteiger partial charge in [-0.25, -0.2) is 0 Å². The maximum atomic E-state index is 11.7. The predicted molar refractivity (Wildman–Crippen MR) is 60.6 cm³/mol. The van der Waals surface area contributed by atoms with E-state index in [2.05, 4.69) is 0 Å². The third kappa shape index (κ3) is 2.30. The van der Waals surface area contributed by atoms with E-state index in [0.717, 1.165) is 0 Å². The van der Waals surface area contributed by atoms with Crippen molar-refractivity contribution in [2.24, 2.45) is 0 Å². The van der Waals surface area contributed by atoms with Crippen LogP contribution in [0.2, 0.25) is 0 Å². The van der Waals surface area contributed by atoms with Crippen molar-refractivity contribution < 1.29 is 24.2 Å². The van der Waals surface area contributed by atoms with E-state index in [1.54, 1.807) is 25.1 Å². The van der Waals surface area contributed by atoms with Crippen LogP contribution < -0.4 is 14.6 Å². The minimum Gasteiger partial charge on any atom is -0.546 e. The van der Waals surface area contributed by atoms with Crippen molar-refractivity contribution in [3.8, 4) is 11.5 Å². The van der Waals surface area contributed by atoms with Crippen LogP contribution in [-0.4, -0.2) is 24.5 Å².